The van der Waals surface area contributed by atoms with Gasteiger partial charge in [0, 0.05) is 12.1 Å². The van der Waals surface area contributed by atoms with Crippen molar-refractivity contribution >= 4 is 29.1 Å². The van der Waals surface area contributed by atoms with Crippen molar-refractivity contribution in [3.8, 4) is 5.75 Å². The summed E-state index contributed by atoms with van der Waals surface area (Å²) in [6.07, 6.45) is 2.58. The van der Waals surface area contributed by atoms with Gasteiger partial charge >= 0.3 is 5.69 Å². The molecular weight excluding hydrogens is 380 g/mol. The molecular formula is C15H15ClN6O3S. The van der Waals surface area contributed by atoms with Crippen LogP contribution in [-0.4, -0.2) is 29.5 Å². The van der Waals surface area contributed by atoms with Crippen molar-refractivity contribution in [2.24, 2.45) is 7.05 Å². The van der Waals surface area contributed by atoms with Gasteiger partial charge in [0.15, 0.2) is 11.0 Å². The van der Waals surface area contributed by atoms with Crippen molar-refractivity contribution in [2.75, 3.05) is 0 Å². The fraction of sp³-hybridized carbons (Fsp3) is 0.267. The van der Waals surface area contributed by atoms with E-state index in [2.05, 4.69) is 15.3 Å². The third-order valence-corrected chi connectivity index (χ3v) is 5.01. The minimum atomic E-state index is -0.482. The summed E-state index contributed by atoms with van der Waals surface area (Å²) in [7, 11) is 1.83. The highest BCUT2D eigenvalue weighted by Gasteiger charge is 2.13. The van der Waals surface area contributed by atoms with Crippen LogP contribution in [0.2, 0.25) is 5.02 Å². The summed E-state index contributed by atoms with van der Waals surface area (Å²) < 4.78 is 9.02. The van der Waals surface area contributed by atoms with Crippen molar-refractivity contribution in [1.82, 2.24) is 24.5 Å². The van der Waals surface area contributed by atoms with Gasteiger partial charge in [-0.25, -0.2) is 0 Å². The molecule has 2 aromatic heterocycles. The van der Waals surface area contributed by atoms with Crippen LogP contribution in [0.1, 0.15) is 11.4 Å². The second-order valence-corrected chi connectivity index (χ2v) is 6.75. The Hall–Kier alpha value is -2.59. The van der Waals surface area contributed by atoms with E-state index in [-0.39, 0.29) is 12.3 Å². The molecule has 0 aliphatic rings. The lowest BCUT2D eigenvalue weighted by Gasteiger charge is -2.08. The molecule has 1 aromatic carbocycles. The van der Waals surface area contributed by atoms with Gasteiger partial charge in [-0.2, -0.15) is 5.10 Å². The normalized spacial score (nSPS) is 10.9. The number of benzene rings is 1. The second kappa shape index (κ2) is 7.75. The molecule has 0 saturated carbocycles. The molecule has 9 nitrogen and oxygen atoms in total. The number of nitro groups is 1. The van der Waals surface area contributed by atoms with E-state index in [0.717, 1.165) is 5.56 Å². The lowest BCUT2D eigenvalue weighted by atomic mass is 10.2. The molecule has 0 atom stereocenters. The largest absolute Gasteiger partial charge is 0.486 e. The van der Waals surface area contributed by atoms with Crippen LogP contribution >= 0.6 is 23.4 Å². The first-order valence-corrected chi connectivity index (χ1v) is 8.87. The van der Waals surface area contributed by atoms with Crippen LogP contribution in [0.3, 0.4) is 0 Å². The van der Waals surface area contributed by atoms with Crippen LogP contribution in [-0.2, 0) is 19.5 Å². The summed E-state index contributed by atoms with van der Waals surface area (Å²) in [5.74, 6) is 1.75. The van der Waals surface area contributed by atoms with Crippen molar-refractivity contribution in [2.45, 2.75) is 24.6 Å². The predicted molar refractivity (Wildman–Crippen MR) is 96.3 cm³/mol. The summed E-state index contributed by atoms with van der Waals surface area (Å²) >= 11 is 7.37. The molecule has 0 unspecified atom stereocenters. The number of hydrogen-bond acceptors (Lipinski definition) is 7. The van der Waals surface area contributed by atoms with Gasteiger partial charge < -0.3 is 9.30 Å². The number of rotatable bonds is 7. The fourth-order valence-corrected chi connectivity index (χ4v) is 3.00. The smallest absolute Gasteiger partial charge is 0.307 e. The van der Waals surface area contributed by atoms with Crippen LogP contribution in [0.5, 0.6) is 5.75 Å². The van der Waals surface area contributed by atoms with Gasteiger partial charge in [-0.3, -0.25) is 14.8 Å². The zero-order valence-corrected chi connectivity index (χ0v) is 15.6. The minimum Gasteiger partial charge on any atom is -0.486 e. The molecule has 0 N–H and O–H groups in total. The first-order chi connectivity index (χ1) is 12.4. The molecule has 3 rings (SSSR count). The third-order valence-electron chi connectivity index (χ3n) is 3.58. The Labute approximate surface area is 158 Å². The van der Waals surface area contributed by atoms with E-state index in [0.29, 0.717) is 27.6 Å². The van der Waals surface area contributed by atoms with E-state index in [1.807, 2.05) is 24.6 Å². The van der Waals surface area contributed by atoms with E-state index in [9.17, 15) is 10.1 Å². The zero-order valence-electron chi connectivity index (χ0n) is 14.0. The number of aryl methyl sites for hydroxylation is 1. The fourth-order valence-electron chi connectivity index (χ4n) is 2.09. The maximum Gasteiger partial charge on any atom is 0.307 e. The van der Waals surface area contributed by atoms with E-state index in [1.165, 1.54) is 28.8 Å². The Morgan fingerprint density at radius 3 is 2.88 bits per heavy atom. The zero-order chi connectivity index (χ0) is 18.7. The highest BCUT2D eigenvalue weighted by molar-refractivity contribution is 7.98. The minimum absolute atomic E-state index is 0.0455. The van der Waals surface area contributed by atoms with Gasteiger partial charge in [-0.05, 0) is 30.7 Å². The molecule has 0 bridgehead atoms. The maximum absolute atomic E-state index is 10.7. The van der Waals surface area contributed by atoms with Crippen LogP contribution < -0.4 is 4.74 Å². The Morgan fingerprint density at radius 1 is 1.38 bits per heavy atom. The highest BCUT2D eigenvalue weighted by Crippen LogP contribution is 2.23. The second-order valence-electron chi connectivity index (χ2n) is 5.43. The molecule has 2 heterocycles. The number of hydrogen-bond donors (Lipinski definition) is 0. The molecule has 0 amide bonds. The van der Waals surface area contributed by atoms with Gasteiger partial charge in [-0.15, -0.1) is 10.2 Å². The highest BCUT2D eigenvalue weighted by atomic mass is 35.5. The number of halogens is 1. The lowest BCUT2D eigenvalue weighted by molar-refractivity contribution is -0.385. The van der Waals surface area contributed by atoms with Gasteiger partial charge in [0.2, 0.25) is 0 Å². The quantitative estimate of drug-likeness (QED) is 0.344. The van der Waals surface area contributed by atoms with Crippen LogP contribution in [0.4, 0.5) is 5.69 Å². The summed E-state index contributed by atoms with van der Waals surface area (Å²) in [5.41, 5.74) is 0.891. The summed E-state index contributed by atoms with van der Waals surface area (Å²) in [5, 5.41) is 24.2. The van der Waals surface area contributed by atoms with E-state index >= 15 is 0 Å². The monoisotopic (exact) mass is 394 g/mol. The van der Waals surface area contributed by atoms with Crippen LogP contribution in [0.25, 0.3) is 0 Å². The molecule has 0 fully saturated rings. The lowest BCUT2D eigenvalue weighted by Crippen LogP contribution is -2.05. The van der Waals surface area contributed by atoms with E-state index < -0.39 is 4.92 Å². The molecule has 0 aliphatic heterocycles. The Bertz CT molecular complexity index is 941. The van der Waals surface area contributed by atoms with Crippen molar-refractivity contribution in [1.29, 1.82) is 0 Å². The van der Waals surface area contributed by atoms with Crippen molar-refractivity contribution in [3.05, 3.63) is 57.1 Å². The van der Waals surface area contributed by atoms with Gasteiger partial charge in [0.25, 0.3) is 0 Å². The SMILES string of the molecule is Cc1cc(OCc2nnc(SCn3cc([N+](=O)[O-])cn3)n2C)ccc1Cl. The third kappa shape index (κ3) is 4.14. The van der Waals surface area contributed by atoms with Crippen molar-refractivity contribution < 1.29 is 9.66 Å². The van der Waals surface area contributed by atoms with Gasteiger partial charge in [0.05, 0.1) is 10.8 Å². The molecule has 3 aromatic rings. The Kier molecular flexibility index (Phi) is 5.43. The number of aromatic nitrogens is 5. The summed E-state index contributed by atoms with van der Waals surface area (Å²) in [4.78, 5) is 10.2. The average Bonchev–Trinajstić information content (AvgIpc) is 3.21. The maximum atomic E-state index is 10.7. The molecule has 0 spiro atoms. The number of thioether (sulfide) groups is 1. The Morgan fingerprint density at radius 2 is 2.19 bits per heavy atom. The summed E-state index contributed by atoms with van der Waals surface area (Å²) in [6.45, 7) is 2.17. The number of ether oxygens (including phenoxy) is 1. The Balaban J connectivity index is 1.60. The average molecular weight is 395 g/mol. The van der Waals surface area contributed by atoms with Crippen molar-refractivity contribution in [3.63, 3.8) is 0 Å². The van der Waals surface area contributed by atoms with E-state index in [4.69, 9.17) is 16.3 Å². The topological polar surface area (TPSA) is 101 Å². The van der Waals surface area contributed by atoms with Gasteiger partial charge in [-0.1, -0.05) is 23.4 Å². The van der Waals surface area contributed by atoms with Crippen LogP contribution in [0.15, 0.2) is 35.7 Å². The molecule has 136 valence electrons. The van der Waals surface area contributed by atoms with Crippen LogP contribution in [0, 0.1) is 17.0 Å². The molecule has 0 aliphatic carbocycles. The standard InChI is InChI=1S/C15H15ClN6O3S/c1-10-5-12(3-4-13(10)16)25-8-14-18-19-15(20(14)2)26-9-21-7-11(6-17-21)22(23)24/h3-7H,8-9H2,1-2H3. The molecule has 11 heteroatoms. The molecule has 0 saturated heterocycles. The van der Waals surface area contributed by atoms with Gasteiger partial charge in [0.1, 0.15) is 24.8 Å². The predicted octanol–water partition coefficient (Wildman–Crippen LogP) is 3.21. The molecule has 0 radical (unpaired) electrons. The summed E-state index contributed by atoms with van der Waals surface area (Å²) in [6, 6.07) is 5.44. The first-order valence-electron chi connectivity index (χ1n) is 7.51. The number of nitrogens with zero attached hydrogens (tertiary/aromatic N) is 6. The first kappa shape index (κ1) is 18.2. The van der Waals surface area contributed by atoms with E-state index in [1.54, 1.807) is 12.1 Å². The molecule has 26 heavy (non-hydrogen) atoms.